The molecule has 1 aliphatic carbocycles. The molecular weight excluding hydrogens is 601 g/mol. The van der Waals surface area contributed by atoms with E-state index in [0.29, 0.717) is 0 Å². The summed E-state index contributed by atoms with van der Waals surface area (Å²) < 4.78 is 0. The normalized spacial score (nSPS) is 12.4. The molecule has 7 rings (SSSR count). The number of rotatable bonds is 8. The van der Waals surface area contributed by atoms with Crippen LogP contribution in [-0.2, 0) is 0 Å². The highest BCUT2D eigenvalue weighted by molar-refractivity contribution is 6.02. The molecule has 0 atom stereocenters. The van der Waals surface area contributed by atoms with Gasteiger partial charge in [0.1, 0.15) is 0 Å². The summed E-state index contributed by atoms with van der Waals surface area (Å²) in [6.07, 6.45) is 14.5. The van der Waals surface area contributed by atoms with Crippen LogP contribution in [0.1, 0.15) is 24.0 Å². The molecule has 0 heterocycles. The van der Waals surface area contributed by atoms with Crippen LogP contribution in [0.2, 0.25) is 0 Å². The Bertz CT molecular complexity index is 2300. The van der Waals surface area contributed by atoms with Crippen molar-refractivity contribution in [3.05, 3.63) is 218 Å². The number of fused-ring (bicyclic) bond motifs is 1. The minimum absolute atomic E-state index is 0.933. The van der Waals surface area contributed by atoms with Crippen molar-refractivity contribution in [2.45, 2.75) is 12.8 Å². The predicted molar refractivity (Wildman–Crippen MR) is 218 cm³/mol. The molecule has 0 amide bonds. The quantitative estimate of drug-likeness (QED) is 0.145. The fourth-order valence-electron chi connectivity index (χ4n) is 6.66. The first-order valence-electron chi connectivity index (χ1n) is 17.3. The molecule has 0 radical (unpaired) electrons. The summed E-state index contributed by atoms with van der Waals surface area (Å²) in [5, 5.41) is 2.35. The highest BCUT2D eigenvalue weighted by atomic mass is 14.2. The van der Waals surface area contributed by atoms with E-state index in [1.54, 1.807) is 6.08 Å². The van der Waals surface area contributed by atoms with E-state index in [1.165, 1.54) is 55.5 Å². The molecule has 0 N–H and O–H groups in total. The van der Waals surface area contributed by atoms with Crippen molar-refractivity contribution < 1.29 is 0 Å². The van der Waals surface area contributed by atoms with E-state index in [2.05, 4.69) is 195 Å². The number of allylic oxidation sites excluding steroid dienone is 8. The Morgan fingerprint density at radius 2 is 1.00 bits per heavy atom. The number of hydrogen-bond acceptors (Lipinski definition) is 0. The van der Waals surface area contributed by atoms with E-state index >= 15 is 0 Å². The Kier molecular flexibility index (Phi) is 9.90. The molecule has 0 unspecified atom stereocenters. The Morgan fingerprint density at radius 3 is 1.56 bits per heavy atom. The van der Waals surface area contributed by atoms with Crippen LogP contribution in [0.4, 0.5) is 0 Å². The van der Waals surface area contributed by atoms with Gasteiger partial charge in [-0.05, 0) is 96.5 Å². The lowest BCUT2D eigenvalue weighted by Crippen LogP contribution is -1.91. The van der Waals surface area contributed by atoms with Crippen molar-refractivity contribution in [3.63, 3.8) is 0 Å². The third-order valence-electron chi connectivity index (χ3n) is 9.36. The monoisotopic (exact) mass is 640 g/mol. The molecule has 6 aromatic rings. The highest BCUT2D eigenvalue weighted by Crippen LogP contribution is 2.36. The number of benzene rings is 5. The average Bonchev–Trinajstić information content (AvgIpc) is 3.19. The lowest BCUT2D eigenvalue weighted by atomic mass is 9.89. The van der Waals surface area contributed by atoms with Gasteiger partial charge < -0.3 is 0 Å². The molecule has 0 nitrogen and oxygen atoms in total. The molecule has 240 valence electrons. The summed E-state index contributed by atoms with van der Waals surface area (Å²) in [7, 11) is 0. The first kappa shape index (κ1) is 32.3. The zero-order chi connectivity index (χ0) is 34.1. The Morgan fingerprint density at radius 1 is 0.500 bits per heavy atom. The standard InChI is InChI=1S/C50H40/c1-3-4-15-37(2)47-23-14-22-40(43-26-24-41(25-27-43)38-16-8-5-9-17-38)32-34-48(45-20-12-7-13-21-45)49-35-33-46(36-50(47)49)44-30-28-42(29-31-44)39-18-10-6-11-19-39/h3-12,14-20,22-36H,1-2,13,21H2/b15-4-,22-14?,23-14?,34-32?,40-22?,40-32?,47-23?,48-34?,49-48?,50-47?. The molecule has 1 aliphatic rings. The van der Waals surface area contributed by atoms with Gasteiger partial charge >= 0.3 is 0 Å². The summed E-state index contributed by atoms with van der Waals surface area (Å²) in [4.78, 5) is 0. The van der Waals surface area contributed by atoms with E-state index in [1.807, 2.05) is 6.08 Å². The highest BCUT2D eigenvalue weighted by Gasteiger charge is 2.12. The van der Waals surface area contributed by atoms with Crippen LogP contribution in [0, 0.1) is 0 Å². The van der Waals surface area contributed by atoms with E-state index in [9.17, 15) is 0 Å². The summed E-state index contributed by atoms with van der Waals surface area (Å²) in [5.74, 6) is 0. The molecule has 0 saturated carbocycles. The lowest BCUT2D eigenvalue weighted by Gasteiger charge is -2.15. The number of hydrogen-bond donors (Lipinski definition) is 0. The molecule has 0 bridgehead atoms. The van der Waals surface area contributed by atoms with Crippen LogP contribution in [0.25, 0.3) is 66.4 Å². The molecule has 0 saturated heterocycles. The van der Waals surface area contributed by atoms with Crippen LogP contribution in [0.15, 0.2) is 207 Å². The Balaban J connectivity index is 1.42. The summed E-state index contributed by atoms with van der Waals surface area (Å²) in [6, 6.07) is 56.9. The Hall–Kier alpha value is -6.24. The van der Waals surface area contributed by atoms with Gasteiger partial charge in [0.25, 0.3) is 0 Å². The van der Waals surface area contributed by atoms with Crippen LogP contribution in [0.3, 0.4) is 0 Å². The van der Waals surface area contributed by atoms with Crippen LogP contribution in [0.5, 0.6) is 0 Å². The van der Waals surface area contributed by atoms with Crippen molar-refractivity contribution in [2.24, 2.45) is 0 Å². The van der Waals surface area contributed by atoms with Crippen LogP contribution < -0.4 is 0 Å². The molecule has 0 fully saturated rings. The molecule has 0 heteroatoms. The smallest absolute Gasteiger partial charge is 0.00933 e. The second-order valence-electron chi connectivity index (χ2n) is 12.6. The third-order valence-corrected chi connectivity index (χ3v) is 9.36. The maximum Gasteiger partial charge on any atom is -0.00933 e. The second-order valence-corrected chi connectivity index (χ2v) is 12.6. The first-order valence-corrected chi connectivity index (χ1v) is 17.3. The van der Waals surface area contributed by atoms with Gasteiger partial charge in [0.2, 0.25) is 0 Å². The summed E-state index contributed by atoms with van der Waals surface area (Å²) in [5.41, 5.74) is 14.1. The molecule has 0 aromatic heterocycles. The maximum atomic E-state index is 4.55. The zero-order valence-electron chi connectivity index (χ0n) is 28.3. The second kappa shape index (κ2) is 15.3. The van der Waals surface area contributed by atoms with E-state index < -0.39 is 0 Å². The van der Waals surface area contributed by atoms with Gasteiger partial charge in [-0.25, -0.2) is 0 Å². The molecule has 50 heavy (non-hydrogen) atoms. The predicted octanol–water partition coefficient (Wildman–Crippen LogP) is 14.1. The van der Waals surface area contributed by atoms with E-state index in [4.69, 9.17) is 0 Å². The molecule has 0 aliphatic heterocycles. The first-order chi connectivity index (χ1) is 24.7. The summed E-state index contributed by atoms with van der Waals surface area (Å²) in [6.45, 7) is 8.46. The third kappa shape index (κ3) is 7.26. The maximum absolute atomic E-state index is 4.55. The van der Waals surface area contributed by atoms with Crippen LogP contribution in [-0.4, -0.2) is 0 Å². The van der Waals surface area contributed by atoms with Gasteiger partial charge in [0.15, 0.2) is 0 Å². The summed E-state index contributed by atoms with van der Waals surface area (Å²) >= 11 is 0. The van der Waals surface area contributed by atoms with Gasteiger partial charge in [-0.3, -0.25) is 0 Å². The SMILES string of the molecule is C=C/C=C\C(=C)c1cccc(-c2ccc(-c3ccccc3)cc2)ccc(C2=CC=CCC2)c2ccc(-c3ccc(-c4ccccc4)cc3)cc12. The fraction of sp³-hybridized carbons (Fsp3) is 0.0400. The van der Waals surface area contributed by atoms with Gasteiger partial charge in [-0.2, -0.15) is 0 Å². The van der Waals surface area contributed by atoms with Gasteiger partial charge in [-0.1, -0.05) is 201 Å². The molecule has 0 spiro atoms. The van der Waals surface area contributed by atoms with E-state index in [-0.39, 0.29) is 0 Å². The van der Waals surface area contributed by atoms with Gasteiger partial charge in [-0.15, -0.1) is 0 Å². The fourth-order valence-corrected chi connectivity index (χ4v) is 6.66. The van der Waals surface area contributed by atoms with Crippen molar-refractivity contribution >= 4 is 21.9 Å². The van der Waals surface area contributed by atoms with Crippen molar-refractivity contribution in [2.75, 3.05) is 0 Å². The topological polar surface area (TPSA) is 0 Å². The minimum atomic E-state index is 0.933. The zero-order valence-corrected chi connectivity index (χ0v) is 28.3. The lowest BCUT2D eigenvalue weighted by molar-refractivity contribution is 1.06. The molecular formula is C50H40. The average molecular weight is 641 g/mol. The van der Waals surface area contributed by atoms with Gasteiger partial charge in [0.05, 0.1) is 0 Å². The minimum Gasteiger partial charge on any atom is -0.0991 e. The van der Waals surface area contributed by atoms with Crippen molar-refractivity contribution in [3.8, 4) is 44.5 Å². The van der Waals surface area contributed by atoms with E-state index in [0.717, 1.165) is 34.9 Å². The molecule has 6 aromatic carbocycles. The van der Waals surface area contributed by atoms with Crippen molar-refractivity contribution in [1.29, 1.82) is 0 Å². The Labute approximate surface area is 296 Å². The van der Waals surface area contributed by atoms with Gasteiger partial charge in [0, 0.05) is 0 Å². The van der Waals surface area contributed by atoms with Crippen molar-refractivity contribution in [1.82, 2.24) is 0 Å². The van der Waals surface area contributed by atoms with Crippen LogP contribution >= 0.6 is 0 Å². The largest absolute Gasteiger partial charge is 0.0991 e.